The van der Waals surface area contributed by atoms with Gasteiger partial charge in [-0.1, -0.05) is 6.42 Å². The molecule has 0 radical (unpaired) electrons. The summed E-state index contributed by atoms with van der Waals surface area (Å²) in [4.78, 5) is 13.4. The van der Waals surface area contributed by atoms with Crippen LogP contribution < -0.4 is 0 Å². The molecule has 0 aliphatic heterocycles. The van der Waals surface area contributed by atoms with Crippen molar-refractivity contribution >= 4 is 17.1 Å². The van der Waals surface area contributed by atoms with Gasteiger partial charge in [-0.2, -0.15) is 13.2 Å². The molecule has 1 aromatic heterocycles. The Bertz CT molecular complexity index is 410. The van der Waals surface area contributed by atoms with Crippen LogP contribution in [0.1, 0.15) is 52.2 Å². The fraction of sp³-hybridized carbons (Fsp3) is 0.615. The summed E-state index contributed by atoms with van der Waals surface area (Å²) in [5, 5.41) is 0. The molecule has 18 heavy (non-hydrogen) atoms. The van der Waals surface area contributed by atoms with Gasteiger partial charge in [0.05, 0.1) is 11.3 Å². The quantitative estimate of drug-likeness (QED) is 0.585. The molecule has 0 N–H and O–H groups in total. The summed E-state index contributed by atoms with van der Waals surface area (Å²) in [7, 11) is 0. The van der Waals surface area contributed by atoms with Crippen LogP contribution in [0.25, 0.3) is 0 Å². The fourth-order valence-electron chi connectivity index (χ4n) is 2.18. The predicted octanol–water partition coefficient (Wildman–Crippen LogP) is 4.54. The van der Waals surface area contributed by atoms with E-state index in [4.69, 9.17) is 0 Å². The smallest absolute Gasteiger partial charge is 0.293 e. The van der Waals surface area contributed by atoms with Crippen molar-refractivity contribution in [2.24, 2.45) is 0 Å². The van der Waals surface area contributed by atoms with Crippen molar-refractivity contribution in [2.45, 2.75) is 51.1 Å². The molecule has 0 saturated heterocycles. The molecule has 1 nitrogen and oxygen atoms in total. The van der Waals surface area contributed by atoms with Gasteiger partial charge in [0.15, 0.2) is 5.78 Å². The summed E-state index contributed by atoms with van der Waals surface area (Å²) in [6, 6.07) is 1.81. The van der Waals surface area contributed by atoms with E-state index >= 15 is 0 Å². The van der Waals surface area contributed by atoms with Gasteiger partial charge in [0.25, 0.3) is 0 Å². The van der Waals surface area contributed by atoms with Crippen molar-refractivity contribution in [3.8, 4) is 0 Å². The highest BCUT2D eigenvalue weighted by Gasteiger charge is 2.28. The molecule has 0 spiro atoms. The maximum Gasteiger partial charge on any atom is 0.389 e. The second-order valence-corrected chi connectivity index (χ2v) is 5.79. The number of alkyl halides is 3. The Morgan fingerprint density at radius 1 is 1.22 bits per heavy atom. The third-order valence-electron chi connectivity index (χ3n) is 3.16. The van der Waals surface area contributed by atoms with Gasteiger partial charge in [0.2, 0.25) is 0 Å². The van der Waals surface area contributed by atoms with Crippen LogP contribution in [-0.2, 0) is 12.8 Å². The van der Waals surface area contributed by atoms with Crippen molar-refractivity contribution in [1.29, 1.82) is 0 Å². The van der Waals surface area contributed by atoms with E-state index in [1.165, 1.54) is 28.2 Å². The highest BCUT2D eigenvalue weighted by Crippen LogP contribution is 2.31. The summed E-state index contributed by atoms with van der Waals surface area (Å²) in [5.41, 5.74) is 1.17. The number of carbonyl (C=O) groups is 1. The summed E-state index contributed by atoms with van der Waals surface area (Å²) in [5.74, 6) is -0.370. The Balaban J connectivity index is 2.03. The molecule has 0 atom stereocenters. The van der Waals surface area contributed by atoms with Gasteiger partial charge in [-0.15, -0.1) is 11.3 Å². The normalized spacial score (nSPS) is 16.2. The first-order chi connectivity index (χ1) is 8.46. The molecule has 2 rings (SSSR count). The molecule has 0 amide bonds. The van der Waals surface area contributed by atoms with Crippen LogP contribution in [0.4, 0.5) is 13.2 Å². The van der Waals surface area contributed by atoms with Gasteiger partial charge < -0.3 is 0 Å². The van der Waals surface area contributed by atoms with Crippen LogP contribution in [-0.4, -0.2) is 12.0 Å². The Hall–Kier alpha value is -0.840. The molecule has 5 heteroatoms. The molecule has 0 fully saturated rings. The number of halogens is 3. The maximum atomic E-state index is 12.1. The number of hydrogen-bond acceptors (Lipinski definition) is 2. The highest BCUT2D eigenvalue weighted by molar-refractivity contribution is 7.14. The zero-order valence-corrected chi connectivity index (χ0v) is 10.8. The van der Waals surface area contributed by atoms with Gasteiger partial charge in [-0.05, 0) is 37.3 Å². The van der Waals surface area contributed by atoms with Gasteiger partial charge in [0, 0.05) is 11.3 Å². The molecule has 0 unspecified atom stereocenters. The fourth-order valence-corrected chi connectivity index (χ4v) is 3.40. The third-order valence-corrected chi connectivity index (χ3v) is 4.44. The lowest BCUT2D eigenvalue weighted by molar-refractivity contribution is -0.133. The lowest BCUT2D eigenvalue weighted by atomic mass is 10.1. The van der Waals surface area contributed by atoms with Crippen LogP contribution in [0.5, 0.6) is 0 Å². The van der Waals surface area contributed by atoms with Crippen LogP contribution in [0, 0.1) is 0 Å². The first kappa shape index (κ1) is 13.6. The molecular formula is C13H15F3OS. The zero-order valence-electron chi connectivity index (χ0n) is 9.98. The zero-order chi connectivity index (χ0) is 13.2. The highest BCUT2D eigenvalue weighted by atomic mass is 32.1. The number of thiophene rings is 1. The van der Waals surface area contributed by atoms with Crippen LogP contribution >= 0.6 is 11.3 Å². The van der Waals surface area contributed by atoms with Gasteiger partial charge in [-0.25, -0.2) is 0 Å². The van der Waals surface area contributed by atoms with Gasteiger partial charge in [-0.3, -0.25) is 4.79 Å². The Morgan fingerprint density at radius 3 is 2.67 bits per heavy atom. The number of hydrogen-bond donors (Lipinski definition) is 0. The molecule has 0 aromatic carbocycles. The number of carbonyl (C=O) groups excluding carboxylic acids is 1. The first-order valence-corrected chi connectivity index (χ1v) is 6.99. The minimum absolute atomic E-state index is 0.370. The van der Waals surface area contributed by atoms with Crippen molar-refractivity contribution < 1.29 is 18.0 Å². The molecular weight excluding hydrogens is 261 g/mol. The average molecular weight is 276 g/mol. The Morgan fingerprint density at radius 2 is 1.94 bits per heavy atom. The monoisotopic (exact) mass is 276 g/mol. The minimum Gasteiger partial charge on any atom is -0.293 e. The average Bonchev–Trinajstić information content (AvgIpc) is 2.57. The van der Waals surface area contributed by atoms with Crippen molar-refractivity contribution in [2.75, 3.05) is 0 Å². The first-order valence-electron chi connectivity index (χ1n) is 6.17. The molecule has 1 aliphatic rings. The van der Waals surface area contributed by atoms with E-state index in [-0.39, 0.29) is 5.78 Å². The summed E-state index contributed by atoms with van der Waals surface area (Å²) in [6.07, 6.45) is -0.353. The van der Waals surface area contributed by atoms with Crippen LogP contribution in [0.2, 0.25) is 0 Å². The van der Waals surface area contributed by atoms with Gasteiger partial charge in [0.1, 0.15) is 0 Å². The van der Waals surface area contributed by atoms with Crippen LogP contribution in [0.15, 0.2) is 6.07 Å². The lowest BCUT2D eigenvalue weighted by Gasteiger charge is -2.03. The lowest BCUT2D eigenvalue weighted by Crippen LogP contribution is -2.10. The summed E-state index contributed by atoms with van der Waals surface area (Å²) >= 11 is 1.39. The summed E-state index contributed by atoms with van der Waals surface area (Å²) in [6.45, 7) is 0. The molecule has 1 heterocycles. The molecule has 0 bridgehead atoms. The minimum atomic E-state index is -4.25. The van der Waals surface area contributed by atoms with E-state index in [0.717, 1.165) is 25.7 Å². The van der Waals surface area contributed by atoms with E-state index in [1.54, 1.807) is 0 Å². The maximum absolute atomic E-state index is 12.1. The number of Topliss-reactive ketones (excluding diaryl/α,β-unsaturated/α-hetero) is 1. The molecule has 1 aromatic rings. The predicted molar refractivity (Wildman–Crippen MR) is 65.2 cm³/mol. The van der Waals surface area contributed by atoms with Crippen molar-refractivity contribution in [3.63, 3.8) is 0 Å². The standard InChI is InChI=1S/C13H15F3OS/c14-13(15,16)7-6-10(17)12-8-9-4-2-1-3-5-11(9)18-12/h8H,1-7H2. The van der Waals surface area contributed by atoms with E-state index < -0.39 is 19.0 Å². The Labute approximate surface area is 108 Å². The van der Waals surface area contributed by atoms with Crippen LogP contribution in [0.3, 0.4) is 0 Å². The van der Waals surface area contributed by atoms with Gasteiger partial charge >= 0.3 is 6.18 Å². The largest absolute Gasteiger partial charge is 0.389 e. The number of aryl methyl sites for hydroxylation is 2. The second kappa shape index (κ2) is 5.43. The topological polar surface area (TPSA) is 17.1 Å². The van der Waals surface area contributed by atoms with Crippen molar-refractivity contribution in [1.82, 2.24) is 0 Å². The van der Waals surface area contributed by atoms with Crippen molar-refractivity contribution in [3.05, 3.63) is 21.4 Å². The SMILES string of the molecule is O=C(CCC(F)(F)F)c1cc2c(s1)CCCCC2. The number of ketones is 1. The van der Waals surface area contributed by atoms with E-state index in [2.05, 4.69) is 0 Å². The molecule has 100 valence electrons. The van der Waals surface area contributed by atoms with E-state index in [1.807, 2.05) is 6.07 Å². The Kier molecular flexibility index (Phi) is 4.10. The summed E-state index contributed by atoms with van der Waals surface area (Å²) < 4.78 is 36.2. The number of rotatable bonds is 3. The molecule has 1 aliphatic carbocycles. The second-order valence-electron chi connectivity index (χ2n) is 4.66. The number of fused-ring (bicyclic) bond motifs is 1. The van der Waals surface area contributed by atoms with E-state index in [0.29, 0.717) is 4.88 Å². The molecule has 0 saturated carbocycles. The third kappa shape index (κ3) is 3.57. The van der Waals surface area contributed by atoms with E-state index in [9.17, 15) is 18.0 Å².